The Morgan fingerprint density at radius 2 is 1.85 bits per heavy atom. The molecule has 106 valence electrons. The molecular weight excluding hydrogens is 248 g/mol. The van der Waals surface area contributed by atoms with Crippen LogP contribution in [0.15, 0.2) is 42.5 Å². The number of piperazine rings is 1. The van der Waals surface area contributed by atoms with E-state index in [4.69, 9.17) is 0 Å². The molecule has 0 radical (unpaired) electrons. The zero-order chi connectivity index (χ0) is 13.8. The Bertz CT molecular complexity index is 475. The van der Waals surface area contributed by atoms with Crippen molar-refractivity contribution < 1.29 is 4.79 Å². The van der Waals surface area contributed by atoms with Crippen LogP contribution in [0.3, 0.4) is 0 Å². The molecule has 0 bridgehead atoms. The lowest BCUT2D eigenvalue weighted by molar-refractivity contribution is -0.132. The van der Waals surface area contributed by atoms with Crippen LogP contribution in [0.1, 0.15) is 19.3 Å². The molecule has 1 aromatic rings. The van der Waals surface area contributed by atoms with Gasteiger partial charge >= 0.3 is 0 Å². The quantitative estimate of drug-likeness (QED) is 0.788. The van der Waals surface area contributed by atoms with Crippen molar-refractivity contribution >= 4 is 11.6 Å². The van der Waals surface area contributed by atoms with Gasteiger partial charge in [-0.15, -0.1) is 0 Å². The number of hydrogen-bond acceptors (Lipinski definition) is 2. The highest BCUT2D eigenvalue weighted by molar-refractivity contribution is 5.77. The molecule has 3 heteroatoms. The molecule has 20 heavy (non-hydrogen) atoms. The lowest BCUT2D eigenvalue weighted by Gasteiger charge is -2.36. The molecule has 0 spiro atoms. The van der Waals surface area contributed by atoms with Crippen molar-refractivity contribution in [3.63, 3.8) is 0 Å². The van der Waals surface area contributed by atoms with E-state index in [-0.39, 0.29) is 0 Å². The summed E-state index contributed by atoms with van der Waals surface area (Å²) in [6.45, 7) is 3.58. The first-order valence-electron chi connectivity index (χ1n) is 7.57. The molecule has 0 aromatic heterocycles. The number of nitrogens with zero attached hydrogens (tertiary/aromatic N) is 2. The summed E-state index contributed by atoms with van der Waals surface area (Å²) in [4.78, 5) is 16.7. The highest BCUT2D eigenvalue weighted by Gasteiger charge is 2.23. The molecule has 1 fully saturated rings. The van der Waals surface area contributed by atoms with Crippen molar-refractivity contribution in [1.82, 2.24) is 4.90 Å². The molecule has 0 saturated carbocycles. The lowest BCUT2D eigenvalue weighted by atomic mass is 10.0. The van der Waals surface area contributed by atoms with Crippen LogP contribution in [0, 0.1) is 5.92 Å². The standard InChI is InChI=1S/C17H22N2O/c20-17(14-15-6-4-5-7-15)19-12-10-18(11-13-19)16-8-2-1-3-9-16/h1-4,6,8-9,15H,5,7,10-14H2. The van der Waals surface area contributed by atoms with E-state index in [1.807, 2.05) is 11.0 Å². The van der Waals surface area contributed by atoms with E-state index in [9.17, 15) is 4.79 Å². The van der Waals surface area contributed by atoms with E-state index in [0.29, 0.717) is 18.2 Å². The number of benzene rings is 1. The fraction of sp³-hybridized carbons (Fsp3) is 0.471. The van der Waals surface area contributed by atoms with Crippen LogP contribution < -0.4 is 4.90 Å². The first-order chi connectivity index (χ1) is 9.83. The smallest absolute Gasteiger partial charge is 0.223 e. The van der Waals surface area contributed by atoms with Crippen LogP contribution in [-0.2, 0) is 4.79 Å². The normalized spacial score (nSPS) is 22.3. The summed E-state index contributed by atoms with van der Waals surface area (Å²) in [5.74, 6) is 0.809. The third-order valence-corrected chi connectivity index (χ3v) is 4.30. The van der Waals surface area contributed by atoms with Gasteiger partial charge in [-0.25, -0.2) is 0 Å². The van der Waals surface area contributed by atoms with Crippen molar-refractivity contribution in [2.75, 3.05) is 31.1 Å². The van der Waals surface area contributed by atoms with E-state index >= 15 is 0 Å². The molecule has 1 aliphatic heterocycles. The highest BCUT2D eigenvalue weighted by Crippen LogP contribution is 2.22. The number of carbonyl (C=O) groups excluding carboxylic acids is 1. The number of carbonyl (C=O) groups is 1. The van der Waals surface area contributed by atoms with Gasteiger partial charge in [0.1, 0.15) is 0 Å². The molecule has 0 N–H and O–H groups in total. The molecule has 1 unspecified atom stereocenters. The van der Waals surface area contributed by atoms with Crippen molar-refractivity contribution in [3.05, 3.63) is 42.5 Å². The van der Waals surface area contributed by atoms with Crippen molar-refractivity contribution in [3.8, 4) is 0 Å². The number of allylic oxidation sites excluding steroid dienone is 2. The summed E-state index contributed by atoms with van der Waals surface area (Å²) < 4.78 is 0. The Labute approximate surface area is 120 Å². The maximum absolute atomic E-state index is 12.3. The van der Waals surface area contributed by atoms with Crippen molar-refractivity contribution in [1.29, 1.82) is 0 Å². The van der Waals surface area contributed by atoms with Crippen LogP contribution >= 0.6 is 0 Å². The Hall–Kier alpha value is -1.77. The van der Waals surface area contributed by atoms with Gasteiger partial charge in [0.15, 0.2) is 0 Å². The zero-order valence-electron chi connectivity index (χ0n) is 11.9. The number of anilines is 1. The summed E-state index contributed by atoms with van der Waals surface area (Å²) in [6.07, 6.45) is 7.39. The minimum absolute atomic E-state index is 0.328. The van der Waals surface area contributed by atoms with Gasteiger partial charge in [-0.05, 0) is 30.9 Å². The minimum atomic E-state index is 0.328. The summed E-state index contributed by atoms with van der Waals surface area (Å²) in [7, 11) is 0. The molecule has 1 atom stereocenters. The second-order valence-corrected chi connectivity index (χ2v) is 5.67. The topological polar surface area (TPSA) is 23.6 Å². The van der Waals surface area contributed by atoms with Crippen LogP contribution in [0.2, 0.25) is 0 Å². The van der Waals surface area contributed by atoms with Gasteiger partial charge in [-0.3, -0.25) is 4.79 Å². The average Bonchev–Trinajstić information content (AvgIpc) is 3.01. The third kappa shape index (κ3) is 3.03. The van der Waals surface area contributed by atoms with Gasteiger partial charge in [-0.1, -0.05) is 30.4 Å². The van der Waals surface area contributed by atoms with E-state index in [1.165, 1.54) is 5.69 Å². The van der Waals surface area contributed by atoms with Gasteiger partial charge in [0.2, 0.25) is 5.91 Å². The fourth-order valence-electron chi connectivity index (χ4n) is 3.07. The van der Waals surface area contributed by atoms with Crippen LogP contribution in [0.5, 0.6) is 0 Å². The minimum Gasteiger partial charge on any atom is -0.368 e. The largest absolute Gasteiger partial charge is 0.368 e. The summed E-state index contributed by atoms with van der Waals surface area (Å²) >= 11 is 0. The Balaban J connectivity index is 1.50. The van der Waals surface area contributed by atoms with Crippen LogP contribution in [-0.4, -0.2) is 37.0 Å². The zero-order valence-corrected chi connectivity index (χ0v) is 11.9. The maximum Gasteiger partial charge on any atom is 0.223 e. The molecular formula is C17H22N2O. The van der Waals surface area contributed by atoms with Gasteiger partial charge in [-0.2, -0.15) is 0 Å². The van der Waals surface area contributed by atoms with Gasteiger partial charge < -0.3 is 9.80 Å². The number of para-hydroxylation sites is 1. The first-order valence-corrected chi connectivity index (χ1v) is 7.57. The fourth-order valence-corrected chi connectivity index (χ4v) is 3.07. The number of amides is 1. The van der Waals surface area contributed by atoms with E-state index in [1.54, 1.807) is 0 Å². The monoisotopic (exact) mass is 270 g/mol. The second-order valence-electron chi connectivity index (χ2n) is 5.67. The predicted octanol–water partition coefficient (Wildman–Crippen LogP) is 2.69. The summed E-state index contributed by atoms with van der Waals surface area (Å²) in [6, 6.07) is 10.5. The van der Waals surface area contributed by atoms with Gasteiger partial charge in [0.25, 0.3) is 0 Å². The molecule has 1 heterocycles. The highest BCUT2D eigenvalue weighted by atomic mass is 16.2. The molecule has 3 nitrogen and oxygen atoms in total. The number of hydrogen-bond donors (Lipinski definition) is 0. The predicted molar refractivity (Wildman–Crippen MR) is 81.7 cm³/mol. The van der Waals surface area contributed by atoms with Crippen LogP contribution in [0.25, 0.3) is 0 Å². The third-order valence-electron chi connectivity index (χ3n) is 4.30. The van der Waals surface area contributed by atoms with E-state index in [0.717, 1.165) is 39.0 Å². The molecule has 1 saturated heterocycles. The molecule has 2 aliphatic rings. The molecule has 1 aliphatic carbocycles. The lowest BCUT2D eigenvalue weighted by Crippen LogP contribution is -2.49. The maximum atomic E-state index is 12.3. The van der Waals surface area contributed by atoms with Gasteiger partial charge in [0.05, 0.1) is 0 Å². The SMILES string of the molecule is O=C(CC1C=CCC1)N1CCN(c2ccccc2)CC1. The van der Waals surface area contributed by atoms with E-state index < -0.39 is 0 Å². The Morgan fingerprint density at radius 3 is 2.50 bits per heavy atom. The molecule has 3 rings (SSSR count). The van der Waals surface area contributed by atoms with Crippen molar-refractivity contribution in [2.45, 2.75) is 19.3 Å². The summed E-state index contributed by atoms with van der Waals surface area (Å²) in [5.41, 5.74) is 1.26. The van der Waals surface area contributed by atoms with Gasteiger partial charge in [0, 0.05) is 38.3 Å². The molecule has 1 amide bonds. The number of rotatable bonds is 3. The molecule has 1 aromatic carbocycles. The Kier molecular flexibility index (Phi) is 4.05. The van der Waals surface area contributed by atoms with Crippen LogP contribution in [0.4, 0.5) is 5.69 Å². The van der Waals surface area contributed by atoms with E-state index in [2.05, 4.69) is 41.3 Å². The Morgan fingerprint density at radius 1 is 1.10 bits per heavy atom. The first kappa shape index (κ1) is 13.2. The van der Waals surface area contributed by atoms with Crippen molar-refractivity contribution in [2.24, 2.45) is 5.92 Å². The summed E-state index contributed by atoms with van der Waals surface area (Å²) in [5, 5.41) is 0. The average molecular weight is 270 g/mol. The second kappa shape index (κ2) is 6.12.